The van der Waals surface area contributed by atoms with Gasteiger partial charge >= 0.3 is 6.36 Å². The summed E-state index contributed by atoms with van der Waals surface area (Å²) >= 11 is 0. The minimum Gasteiger partial charge on any atom is -0.388 e. The fourth-order valence-electron chi connectivity index (χ4n) is 1.05. The highest BCUT2D eigenvalue weighted by molar-refractivity contribution is 5.26. The van der Waals surface area contributed by atoms with Crippen LogP contribution in [0.2, 0.25) is 0 Å². The summed E-state index contributed by atoms with van der Waals surface area (Å²) in [5.41, 5.74) is 0.517. The molecule has 1 rings (SSSR count). The van der Waals surface area contributed by atoms with E-state index in [0.717, 1.165) is 5.56 Å². The Morgan fingerprint density at radius 1 is 1.20 bits per heavy atom. The summed E-state index contributed by atoms with van der Waals surface area (Å²) in [7, 11) is 0. The number of hydrogen-bond donors (Lipinski definition) is 0. The summed E-state index contributed by atoms with van der Waals surface area (Å²) in [6.45, 7) is 5.71. The quantitative estimate of drug-likeness (QED) is 0.723. The van der Waals surface area contributed by atoms with Crippen molar-refractivity contribution >= 4 is 0 Å². The minimum atomic E-state index is -4.69. The van der Waals surface area contributed by atoms with Crippen molar-refractivity contribution in [2.45, 2.75) is 32.5 Å². The molecule has 1 aromatic rings. The number of pyridine rings is 1. The fraction of sp³-hybridized carbons (Fsp3) is 0.500. The zero-order valence-corrected chi connectivity index (χ0v) is 8.72. The third-order valence-corrected chi connectivity index (χ3v) is 1.82. The third kappa shape index (κ3) is 3.77. The van der Waals surface area contributed by atoms with Gasteiger partial charge in [0.25, 0.3) is 0 Å². The van der Waals surface area contributed by atoms with Crippen molar-refractivity contribution in [3.63, 3.8) is 0 Å². The molecule has 0 spiro atoms. The van der Waals surface area contributed by atoms with Gasteiger partial charge < -0.3 is 4.74 Å². The van der Waals surface area contributed by atoms with Crippen molar-refractivity contribution in [3.05, 3.63) is 23.9 Å². The van der Waals surface area contributed by atoms with Crippen LogP contribution in [0, 0.1) is 0 Å². The molecule has 0 saturated carbocycles. The topological polar surface area (TPSA) is 22.1 Å². The highest BCUT2D eigenvalue weighted by Crippen LogP contribution is 2.26. The molecule has 0 saturated heterocycles. The van der Waals surface area contributed by atoms with Crippen molar-refractivity contribution in [3.8, 4) is 5.88 Å². The van der Waals surface area contributed by atoms with E-state index < -0.39 is 12.2 Å². The van der Waals surface area contributed by atoms with Crippen molar-refractivity contribution in [1.82, 2.24) is 4.98 Å². The zero-order chi connectivity index (χ0) is 11.7. The van der Waals surface area contributed by atoms with E-state index in [1.807, 2.05) is 20.8 Å². The summed E-state index contributed by atoms with van der Waals surface area (Å²) < 4.78 is 39.4. The molecule has 0 bridgehead atoms. The van der Waals surface area contributed by atoms with Gasteiger partial charge in [-0.05, 0) is 17.0 Å². The Hall–Kier alpha value is -1.26. The Morgan fingerprint density at radius 3 is 2.27 bits per heavy atom. The van der Waals surface area contributed by atoms with Crippen LogP contribution in [-0.2, 0) is 5.41 Å². The van der Waals surface area contributed by atoms with E-state index in [2.05, 4.69) is 9.72 Å². The second-order valence-corrected chi connectivity index (χ2v) is 4.18. The lowest BCUT2D eigenvalue weighted by molar-refractivity contribution is -0.276. The van der Waals surface area contributed by atoms with Gasteiger partial charge in [-0.25, -0.2) is 4.98 Å². The molecule has 1 aromatic heterocycles. The van der Waals surface area contributed by atoms with Crippen molar-refractivity contribution < 1.29 is 17.9 Å². The normalized spacial score (nSPS) is 12.7. The summed E-state index contributed by atoms with van der Waals surface area (Å²) in [6, 6.07) is 2.97. The molecule has 0 fully saturated rings. The highest BCUT2D eigenvalue weighted by atomic mass is 19.4. The van der Waals surface area contributed by atoms with Crippen molar-refractivity contribution in [2.75, 3.05) is 0 Å². The number of halogens is 3. The lowest BCUT2D eigenvalue weighted by Gasteiger charge is -2.19. The van der Waals surface area contributed by atoms with E-state index in [-0.39, 0.29) is 5.41 Å². The van der Waals surface area contributed by atoms with Crippen molar-refractivity contribution in [1.29, 1.82) is 0 Å². The Kier molecular flexibility index (Phi) is 2.93. The highest BCUT2D eigenvalue weighted by Gasteiger charge is 2.32. The SMILES string of the molecule is CC(C)(C)c1ccnc(OC(F)(F)F)c1. The van der Waals surface area contributed by atoms with Crippen LogP contribution >= 0.6 is 0 Å². The first-order valence-corrected chi connectivity index (χ1v) is 4.41. The largest absolute Gasteiger partial charge is 0.574 e. The molecule has 0 aliphatic carbocycles. The average Bonchev–Trinajstić information content (AvgIpc) is 1.99. The Balaban J connectivity index is 2.94. The van der Waals surface area contributed by atoms with E-state index in [1.54, 1.807) is 6.07 Å². The molecule has 1 heterocycles. The van der Waals surface area contributed by atoms with E-state index in [4.69, 9.17) is 0 Å². The number of alkyl halides is 3. The molecule has 0 aliphatic rings. The molecule has 0 radical (unpaired) electrons. The monoisotopic (exact) mass is 219 g/mol. The number of rotatable bonds is 1. The van der Waals surface area contributed by atoms with E-state index in [1.165, 1.54) is 12.3 Å². The molecule has 84 valence electrons. The van der Waals surface area contributed by atoms with Gasteiger partial charge in [-0.1, -0.05) is 20.8 Å². The van der Waals surface area contributed by atoms with Crippen LogP contribution < -0.4 is 4.74 Å². The average molecular weight is 219 g/mol. The number of nitrogens with zero attached hydrogens (tertiary/aromatic N) is 1. The summed E-state index contributed by atoms with van der Waals surface area (Å²) in [5.74, 6) is -0.421. The second kappa shape index (κ2) is 3.72. The smallest absolute Gasteiger partial charge is 0.388 e. The molecule has 0 aliphatic heterocycles. The zero-order valence-electron chi connectivity index (χ0n) is 8.72. The van der Waals surface area contributed by atoms with Crippen LogP contribution in [0.1, 0.15) is 26.3 Å². The first-order chi connectivity index (χ1) is 6.68. The van der Waals surface area contributed by atoms with Gasteiger partial charge in [0.1, 0.15) is 0 Å². The molecule has 2 nitrogen and oxygen atoms in total. The van der Waals surface area contributed by atoms with Crippen LogP contribution in [0.4, 0.5) is 13.2 Å². The Morgan fingerprint density at radius 2 is 1.80 bits per heavy atom. The molecule has 0 aromatic carbocycles. The van der Waals surface area contributed by atoms with Gasteiger partial charge in [0.15, 0.2) is 0 Å². The molecule has 15 heavy (non-hydrogen) atoms. The number of aromatic nitrogens is 1. The maximum atomic E-state index is 11.9. The predicted molar refractivity (Wildman–Crippen MR) is 49.6 cm³/mol. The molecule has 0 unspecified atom stereocenters. The Labute approximate surface area is 86.1 Å². The summed E-state index contributed by atoms with van der Waals surface area (Å²) in [5, 5.41) is 0. The maximum absolute atomic E-state index is 11.9. The molecular formula is C10H12F3NO. The summed E-state index contributed by atoms with van der Waals surface area (Å²) in [6.07, 6.45) is -3.38. The number of ether oxygens (including phenoxy) is 1. The number of hydrogen-bond acceptors (Lipinski definition) is 2. The maximum Gasteiger partial charge on any atom is 0.574 e. The van der Waals surface area contributed by atoms with Gasteiger partial charge in [0, 0.05) is 12.3 Å². The van der Waals surface area contributed by atoms with E-state index >= 15 is 0 Å². The lowest BCUT2D eigenvalue weighted by atomic mass is 9.88. The lowest BCUT2D eigenvalue weighted by Crippen LogP contribution is -2.19. The predicted octanol–water partition coefficient (Wildman–Crippen LogP) is 3.28. The van der Waals surface area contributed by atoms with Crippen LogP contribution in [0.25, 0.3) is 0 Å². The third-order valence-electron chi connectivity index (χ3n) is 1.82. The molecule has 5 heteroatoms. The molecule has 0 atom stereocenters. The van der Waals surface area contributed by atoms with Crippen LogP contribution in [0.3, 0.4) is 0 Å². The van der Waals surface area contributed by atoms with Crippen LogP contribution in [0.5, 0.6) is 5.88 Å². The Bertz CT molecular complexity index is 341. The minimum absolute atomic E-state index is 0.230. The fourth-order valence-corrected chi connectivity index (χ4v) is 1.05. The summed E-state index contributed by atoms with van der Waals surface area (Å²) in [4.78, 5) is 3.50. The molecular weight excluding hydrogens is 207 g/mol. The van der Waals surface area contributed by atoms with Gasteiger partial charge in [-0.2, -0.15) is 0 Å². The molecule has 0 amide bonds. The molecule has 0 N–H and O–H groups in total. The van der Waals surface area contributed by atoms with Gasteiger partial charge in [-0.3, -0.25) is 0 Å². The van der Waals surface area contributed by atoms with E-state index in [9.17, 15) is 13.2 Å². The van der Waals surface area contributed by atoms with Crippen LogP contribution in [-0.4, -0.2) is 11.3 Å². The second-order valence-electron chi connectivity index (χ2n) is 4.18. The first-order valence-electron chi connectivity index (χ1n) is 4.41. The van der Waals surface area contributed by atoms with Crippen molar-refractivity contribution in [2.24, 2.45) is 0 Å². The van der Waals surface area contributed by atoms with Crippen LogP contribution in [0.15, 0.2) is 18.3 Å². The van der Waals surface area contributed by atoms with E-state index in [0.29, 0.717) is 0 Å². The standard InChI is InChI=1S/C10H12F3NO/c1-9(2,3)7-4-5-14-8(6-7)15-10(11,12)13/h4-6H,1-3H3. The van der Waals surface area contributed by atoms with Gasteiger partial charge in [0.2, 0.25) is 5.88 Å². The first kappa shape index (κ1) is 11.8. The van der Waals surface area contributed by atoms with Gasteiger partial charge in [0.05, 0.1) is 0 Å². The van der Waals surface area contributed by atoms with Gasteiger partial charge in [-0.15, -0.1) is 13.2 Å².